The first-order valence-corrected chi connectivity index (χ1v) is 9.64. The molecule has 1 N–H and O–H groups in total. The molecular weight excluding hydrogens is 376 g/mol. The van der Waals surface area contributed by atoms with Crippen molar-refractivity contribution in [3.05, 3.63) is 96.6 Å². The van der Waals surface area contributed by atoms with Crippen LogP contribution in [-0.4, -0.2) is 27.8 Å². The van der Waals surface area contributed by atoms with Crippen molar-refractivity contribution in [2.45, 2.75) is 13.0 Å². The number of carbonyl (C=O) groups is 1. The van der Waals surface area contributed by atoms with Crippen molar-refractivity contribution in [2.75, 3.05) is 7.11 Å². The van der Waals surface area contributed by atoms with E-state index in [0.717, 1.165) is 28.1 Å². The highest BCUT2D eigenvalue weighted by Crippen LogP contribution is 2.20. The van der Waals surface area contributed by atoms with Gasteiger partial charge < -0.3 is 10.1 Å². The second-order valence-corrected chi connectivity index (χ2v) is 6.92. The highest BCUT2D eigenvalue weighted by molar-refractivity contribution is 5.94. The standard InChI is InChI=1S/C24H22N4O2/c1-17(21-15-26-28(16-21)22-7-9-23(30-2)10-8-22)27-24(29)20-5-3-18(4-6-20)19-11-13-25-14-12-19/h3-17H,1-2H3,(H,27,29). The largest absolute Gasteiger partial charge is 0.497 e. The lowest BCUT2D eigenvalue weighted by molar-refractivity contribution is 0.0940. The highest BCUT2D eigenvalue weighted by Gasteiger charge is 2.14. The van der Waals surface area contributed by atoms with Crippen molar-refractivity contribution in [3.8, 4) is 22.6 Å². The van der Waals surface area contributed by atoms with E-state index in [4.69, 9.17) is 4.74 Å². The van der Waals surface area contributed by atoms with E-state index in [9.17, 15) is 4.79 Å². The topological polar surface area (TPSA) is 69.0 Å². The summed E-state index contributed by atoms with van der Waals surface area (Å²) in [6, 6.07) is 18.9. The first-order chi connectivity index (χ1) is 14.6. The maximum atomic E-state index is 12.7. The van der Waals surface area contributed by atoms with Crippen LogP contribution in [0.4, 0.5) is 0 Å². The zero-order valence-electron chi connectivity index (χ0n) is 16.8. The second kappa shape index (κ2) is 8.61. The molecule has 0 spiro atoms. The fourth-order valence-corrected chi connectivity index (χ4v) is 3.16. The molecule has 150 valence electrons. The van der Waals surface area contributed by atoms with Crippen LogP contribution in [0, 0.1) is 0 Å². The Morgan fingerprint density at radius 3 is 2.30 bits per heavy atom. The van der Waals surface area contributed by atoms with E-state index in [0.29, 0.717) is 5.56 Å². The van der Waals surface area contributed by atoms with Gasteiger partial charge in [0.05, 0.1) is 25.0 Å². The molecule has 1 amide bonds. The summed E-state index contributed by atoms with van der Waals surface area (Å²) >= 11 is 0. The minimum absolute atomic E-state index is 0.124. The maximum Gasteiger partial charge on any atom is 0.251 e. The number of ether oxygens (including phenoxy) is 1. The minimum atomic E-state index is -0.177. The number of nitrogens with zero attached hydrogens (tertiary/aromatic N) is 3. The zero-order valence-corrected chi connectivity index (χ0v) is 16.8. The van der Waals surface area contributed by atoms with Gasteiger partial charge in [-0.15, -0.1) is 0 Å². The third-order valence-electron chi connectivity index (χ3n) is 4.95. The molecular formula is C24H22N4O2. The van der Waals surface area contributed by atoms with Gasteiger partial charge in [0.15, 0.2) is 0 Å². The van der Waals surface area contributed by atoms with Gasteiger partial charge in [0.1, 0.15) is 5.75 Å². The number of rotatable bonds is 6. The Bertz CT molecular complexity index is 1120. The molecule has 0 aliphatic rings. The monoisotopic (exact) mass is 398 g/mol. The normalized spacial score (nSPS) is 11.7. The van der Waals surface area contributed by atoms with E-state index >= 15 is 0 Å². The summed E-state index contributed by atoms with van der Waals surface area (Å²) in [7, 11) is 1.64. The molecule has 2 aromatic carbocycles. The first-order valence-electron chi connectivity index (χ1n) is 9.64. The number of hydrogen-bond donors (Lipinski definition) is 1. The molecule has 30 heavy (non-hydrogen) atoms. The van der Waals surface area contributed by atoms with Crippen LogP contribution in [0.15, 0.2) is 85.5 Å². The summed E-state index contributed by atoms with van der Waals surface area (Å²) in [5.74, 6) is 0.669. The summed E-state index contributed by atoms with van der Waals surface area (Å²) in [5, 5.41) is 7.44. The van der Waals surface area contributed by atoms with E-state index in [2.05, 4.69) is 15.4 Å². The fourth-order valence-electron chi connectivity index (χ4n) is 3.16. The number of carbonyl (C=O) groups excluding carboxylic acids is 1. The number of aromatic nitrogens is 3. The molecule has 0 aliphatic carbocycles. The maximum absolute atomic E-state index is 12.7. The number of methoxy groups -OCH3 is 1. The van der Waals surface area contributed by atoms with Gasteiger partial charge in [-0.05, 0) is 66.6 Å². The van der Waals surface area contributed by atoms with E-state index in [-0.39, 0.29) is 11.9 Å². The van der Waals surface area contributed by atoms with E-state index < -0.39 is 0 Å². The molecule has 0 aliphatic heterocycles. The smallest absolute Gasteiger partial charge is 0.251 e. The fraction of sp³-hybridized carbons (Fsp3) is 0.125. The van der Waals surface area contributed by atoms with Gasteiger partial charge in [-0.3, -0.25) is 9.78 Å². The summed E-state index contributed by atoms with van der Waals surface area (Å²) in [4.78, 5) is 16.7. The van der Waals surface area contributed by atoms with Crippen molar-refractivity contribution in [1.82, 2.24) is 20.1 Å². The summed E-state index contributed by atoms with van der Waals surface area (Å²) in [6.45, 7) is 1.94. The van der Waals surface area contributed by atoms with Crippen molar-refractivity contribution < 1.29 is 9.53 Å². The molecule has 2 heterocycles. The average Bonchev–Trinajstić information content (AvgIpc) is 3.30. The van der Waals surface area contributed by atoms with Crippen molar-refractivity contribution >= 4 is 5.91 Å². The Kier molecular flexibility index (Phi) is 5.57. The Morgan fingerprint density at radius 1 is 0.967 bits per heavy atom. The molecule has 6 nitrogen and oxygen atoms in total. The number of hydrogen-bond acceptors (Lipinski definition) is 4. The Hall–Kier alpha value is -3.93. The van der Waals surface area contributed by atoms with Gasteiger partial charge >= 0.3 is 0 Å². The summed E-state index contributed by atoms with van der Waals surface area (Å²) < 4.78 is 6.97. The number of pyridine rings is 1. The van der Waals surface area contributed by atoms with Crippen molar-refractivity contribution in [2.24, 2.45) is 0 Å². The third kappa shape index (κ3) is 4.22. The molecule has 0 radical (unpaired) electrons. The molecule has 1 unspecified atom stereocenters. The van der Waals surface area contributed by atoms with Gasteiger partial charge in [-0.1, -0.05) is 12.1 Å². The highest BCUT2D eigenvalue weighted by atomic mass is 16.5. The lowest BCUT2D eigenvalue weighted by Crippen LogP contribution is -2.26. The average molecular weight is 398 g/mol. The van der Waals surface area contributed by atoms with Crippen LogP contribution >= 0.6 is 0 Å². The molecule has 0 saturated heterocycles. The predicted molar refractivity (Wildman–Crippen MR) is 116 cm³/mol. The quantitative estimate of drug-likeness (QED) is 0.522. The van der Waals surface area contributed by atoms with Gasteiger partial charge in [-0.25, -0.2) is 4.68 Å². The number of amides is 1. The number of benzene rings is 2. The van der Waals surface area contributed by atoms with Gasteiger partial charge in [0.2, 0.25) is 0 Å². The van der Waals surface area contributed by atoms with Crippen LogP contribution in [0.1, 0.15) is 28.9 Å². The predicted octanol–water partition coefficient (Wildman–Crippen LogP) is 4.43. The van der Waals surface area contributed by atoms with Gasteiger partial charge in [0, 0.05) is 29.7 Å². The van der Waals surface area contributed by atoms with Crippen LogP contribution in [0.3, 0.4) is 0 Å². The van der Waals surface area contributed by atoms with Crippen LogP contribution in [0.2, 0.25) is 0 Å². The molecule has 2 aromatic heterocycles. The van der Waals surface area contributed by atoms with Gasteiger partial charge in [0.25, 0.3) is 5.91 Å². The second-order valence-electron chi connectivity index (χ2n) is 6.92. The lowest BCUT2D eigenvalue weighted by Gasteiger charge is -2.12. The summed E-state index contributed by atoms with van der Waals surface area (Å²) in [6.07, 6.45) is 7.19. The Labute approximate surface area is 175 Å². The molecule has 1 atom stereocenters. The van der Waals surface area contributed by atoms with Crippen molar-refractivity contribution in [3.63, 3.8) is 0 Å². The minimum Gasteiger partial charge on any atom is -0.497 e. The van der Waals surface area contributed by atoms with Crippen LogP contribution < -0.4 is 10.1 Å². The molecule has 4 rings (SSSR count). The van der Waals surface area contributed by atoms with E-state index in [1.54, 1.807) is 30.4 Å². The first kappa shape index (κ1) is 19.4. The number of nitrogens with one attached hydrogen (secondary N) is 1. The van der Waals surface area contributed by atoms with Crippen molar-refractivity contribution in [1.29, 1.82) is 0 Å². The Morgan fingerprint density at radius 2 is 1.63 bits per heavy atom. The van der Waals surface area contributed by atoms with Crippen LogP contribution in [0.5, 0.6) is 5.75 Å². The lowest BCUT2D eigenvalue weighted by atomic mass is 10.0. The Balaban J connectivity index is 1.43. The SMILES string of the molecule is COc1ccc(-n2cc(C(C)NC(=O)c3ccc(-c4ccncc4)cc3)cn2)cc1. The van der Waals surface area contributed by atoms with E-state index in [1.165, 1.54) is 0 Å². The molecule has 0 saturated carbocycles. The van der Waals surface area contributed by atoms with Crippen LogP contribution in [-0.2, 0) is 0 Å². The zero-order chi connectivity index (χ0) is 20.9. The summed E-state index contributed by atoms with van der Waals surface area (Å²) in [5.41, 5.74) is 4.57. The molecule has 0 bridgehead atoms. The molecule has 0 fully saturated rings. The molecule has 6 heteroatoms. The molecule has 4 aromatic rings. The van der Waals surface area contributed by atoms with Gasteiger partial charge in [-0.2, -0.15) is 5.10 Å². The third-order valence-corrected chi connectivity index (χ3v) is 4.95. The van der Waals surface area contributed by atoms with Crippen LogP contribution in [0.25, 0.3) is 16.8 Å². The van der Waals surface area contributed by atoms with E-state index in [1.807, 2.05) is 73.8 Å².